The molecule has 2 aromatic rings. The predicted octanol–water partition coefficient (Wildman–Crippen LogP) is 3.33. The number of hydrogen-bond donors (Lipinski definition) is 2. The Balaban J connectivity index is 1.54. The zero-order valence-corrected chi connectivity index (χ0v) is 19.3. The highest BCUT2D eigenvalue weighted by molar-refractivity contribution is 7.89. The Labute approximate surface area is 191 Å². The molecule has 0 unspecified atom stereocenters. The summed E-state index contributed by atoms with van der Waals surface area (Å²) in [4.78, 5) is 24.5. The summed E-state index contributed by atoms with van der Waals surface area (Å²) in [7, 11) is -3.85. The molecule has 8 nitrogen and oxygen atoms in total. The number of aryl methyl sites for hydroxylation is 1. The summed E-state index contributed by atoms with van der Waals surface area (Å²) in [5.41, 5.74) is 2.33. The van der Waals surface area contributed by atoms with Gasteiger partial charge >= 0.3 is 0 Å². The first kappa shape index (κ1) is 22.6. The first-order valence-electron chi connectivity index (χ1n) is 10.3. The average molecular weight is 478 g/mol. The molecule has 0 radical (unpaired) electrons. The lowest BCUT2D eigenvalue weighted by Gasteiger charge is -2.32. The van der Waals surface area contributed by atoms with Crippen LogP contribution in [-0.2, 0) is 19.6 Å². The molecule has 0 aromatic heterocycles. The van der Waals surface area contributed by atoms with Crippen molar-refractivity contribution < 1.29 is 22.7 Å². The Bertz CT molecular complexity index is 1200. The number of hydrogen-bond acceptors (Lipinski definition) is 5. The third-order valence-electron chi connectivity index (χ3n) is 5.81. The third kappa shape index (κ3) is 4.32. The van der Waals surface area contributed by atoms with Gasteiger partial charge in [0.25, 0.3) is 5.91 Å². The maximum absolute atomic E-state index is 13.4. The molecule has 32 heavy (non-hydrogen) atoms. The Hall–Kier alpha value is -2.62. The maximum atomic E-state index is 13.4. The SMILES string of the molecule is Cc1cc2c(cc1S(=O)(=O)N1CCC[C@@H](C(=O)Nc3cccc(Cl)c3C)C1)OCC(=O)N2. The van der Waals surface area contributed by atoms with E-state index in [2.05, 4.69) is 10.6 Å². The monoisotopic (exact) mass is 477 g/mol. The number of piperidine rings is 1. The number of carbonyl (C=O) groups excluding carboxylic acids is 2. The zero-order chi connectivity index (χ0) is 23.0. The molecule has 2 heterocycles. The minimum Gasteiger partial charge on any atom is -0.482 e. The number of rotatable bonds is 4. The van der Waals surface area contributed by atoms with Crippen molar-refractivity contribution in [3.05, 3.63) is 46.5 Å². The lowest BCUT2D eigenvalue weighted by atomic mass is 9.98. The molecule has 10 heteroatoms. The van der Waals surface area contributed by atoms with E-state index in [-0.39, 0.29) is 29.9 Å². The van der Waals surface area contributed by atoms with E-state index >= 15 is 0 Å². The molecular formula is C22H24ClN3O5S. The molecule has 2 N–H and O–H groups in total. The molecule has 170 valence electrons. The number of amides is 2. The molecule has 1 saturated heterocycles. The number of halogens is 1. The van der Waals surface area contributed by atoms with Crippen LogP contribution in [0.1, 0.15) is 24.0 Å². The first-order valence-corrected chi connectivity index (χ1v) is 12.1. The molecule has 0 aliphatic carbocycles. The maximum Gasteiger partial charge on any atom is 0.262 e. The van der Waals surface area contributed by atoms with Crippen LogP contribution in [0.25, 0.3) is 0 Å². The standard InChI is InChI=1S/C22H24ClN3O5S/c1-13-9-18-19(31-12-21(27)24-18)10-20(13)32(29,30)26-8-4-5-15(11-26)22(28)25-17-7-3-6-16(23)14(17)2/h3,6-7,9-10,15H,4-5,8,11-12H2,1-2H3,(H,24,27)(H,25,28)/t15-/m1/s1. The Morgan fingerprint density at radius 2 is 2.06 bits per heavy atom. The van der Waals surface area contributed by atoms with Gasteiger partial charge in [-0.15, -0.1) is 0 Å². The van der Waals surface area contributed by atoms with Crippen LogP contribution in [0.4, 0.5) is 11.4 Å². The number of sulfonamides is 1. The van der Waals surface area contributed by atoms with Crippen molar-refractivity contribution in [1.29, 1.82) is 0 Å². The van der Waals surface area contributed by atoms with Gasteiger partial charge in [0.1, 0.15) is 5.75 Å². The van der Waals surface area contributed by atoms with Crippen LogP contribution in [0.2, 0.25) is 5.02 Å². The van der Waals surface area contributed by atoms with Gasteiger partial charge in [0, 0.05) is 29.9 Å². The van der Waals surface area contributed by atoms with Crippen LogP contribution in [0, 0.1) is 19.8 Å². The van der Waals surface area contributed by atoms with Crippen molar-refractivity contribution >= 4 is 44.8 Å². The quantitative estimate of drug-likeness (QED) is 0.702. The van der Waals surface area contributed by atoms with Gasteiger partial charge in [-0.05, 0) is 56.0 Å². The normalized spacial score (nSPS) is 19.0. The largest absolute Gasteiger partial charge is 0.482 e. The number of nitrogens with zero attached hydrogens (tertiary/aromatic N) is 1. The highest BCUT2D eigenvalue weighted by atomic mass is 35.5. The van der Waals surface area contributed by atoms with E-state index in [1.807, 2.05) is 6.92 Å². The van der Waals surface area contributed by atoms with E-state index in [1.54, 1.807) is 31.2 Å². The fourth-order valence-electron chi connectivity index (χ4n) is 3.99. The molecule has 2 aromatic carbocycles. The summed E-state index contributed by atoms with van der Waals surface area (Å²) in [6.07, 6.45) is 1.16. The van der Waals surface area contributed by atoms with Gasteiger partial charge in [-0.25, -0.2) is 8.42 Å². The van der Waals surface area contributed by atoms with Gasteiger partial charge in [-0.2, -0.15) is 4.31 Å². The smallest absolute Gasteiger partial charge is 0.262 e. The van der Waals surface area contributed by atoms with E-state index in [0.717, 1.165) is 5.56 Å². The lowest BCUT2D eigenvalue weighted by Crippen LogP contribution is -2.44. The second-order valence-electron chi connectivity index (χ2n) is 8.05. The van der Waals surface area contributed by atoms with E-state index < -0.39 is 15.9 Å². The molecule has 1 atom stereocenters. The Kier molecular flexibility index (Phi) is 6.15. The third-order valence-corrected chi connectivity index (χ3v) is 8.22. The summed E-state index contributed by atoms with van der Waals surface area (Å²) < 4.78 is 33.6. The van der Waals surface area contributed by atoms with Gasteiger partial charge in [0.2, 0.25) is 15.9 Å². The van der Waals surface area contributed by atoms with Gasteiger partial charge < -0.3 is 15.4 Å². The van der Waals surface area contributed by atoms with Gasteiger partial charge in [0.15, 0.2) is 6.61 Å². The van der Waals surface area contributed by atoms with Gasteiger partial charge in [-0.1, -0.05) is 17.7 Å². The van der Waals surface area contributed by atoms with Crippen molar-refractivity contribution in [3.63, 3.8) is 0 Å². The minimum atomic E-state index is -3.85. The Morgan fingerprint density at radius 1 is 1.28 bits per heavy atom. The number of anilines is 2. The van der Waals surface area contributed by atoms with Crippen LogP contribution in [0.15, 0.2) is 35.2 Å². The van der Waals surface area contributed by atoms with Crippen LogP contribution < -0.4 is 15.4 Å². The van der Waals surface area contributed by atoms with E-state index in [4.69, 9.17) is 16.3 Å². The van der Waals surface area contributed by atoms with Crippen molar-refractivity contribution in [1.82, 2.24) is 4.31 Å². The number of benzene rings is 2. The summed E-state index contributed by atoms with van der Waals surface area (Å²) in [5, 5.41) is 6.11. The van der Waals surface area contributed by atoms with E-state index in [1.165, 1.54) is 10.4 Å². The van der Waals surface area contributed by atoms with Gasteiger partial charge in [0.05, 0.1) is 16.5 Å². The van der Waals surface area contributed by atoms with E-state index in [0.29, 0.717) is 47.1 Å². The molecule has 0 bridgehead atoms. The van der Waals surface area contributed by atoms with Crippen LogP contribution in [0.3, 0.4) is 0 Å². The van der Waals surface area contributed by atoms with Crippen LogP contribution in [0.5, 0.6) is 5.75 Å². The molecule has 0 saturated carbocycles. The predicted molar refractivity (Wildman–Crippen MR) is 122 cm³/mol. The number of fused-ring (bicyclic) bond motifs is 1. The first-order chi connectivity index (χ1) is 15.2. The molecule has 2 aliphatic heterocycles. The summed E-state index contributed by atoms with van der Waals surface area (Å²) in [6, 6.07) is 8.31. The Morgan fingerprint density at radius 3 is 2.84 bits per heavy atom. The van der Waals surface area contributed by atoms with Crippen LogP contribution in [-0.4, -0.2) is 44.2 Å². The minimum absolute atomic E-state index is 0.0852. The lowest BCUT2D eigenvalue weighted by molar-refractivity contribution is -0.121. The average Bonchev–Trinajstić information content (AvgIpc) is 2.76. The molecule has 4 rings (SSSR count). The van der Waals surface area contributed by atoms with Gasteiger partial charge in [-0.3, -0.25) is 9.59 Å². The zero-order valence-electron chi connectivity index (χ0n) is 17.8. The van der Waals surface area contributed by atoms with Crippen molar-refractivity contribution in [2.24, 2.45) is 5.92 Å². The van der Waals surface area contributed by atoms with Crippen molar-refractivity contribution in [3.8, 4) is 5.75 Å². The molecule has 2 amide bonds. The highest BCUT2D eigenvalue weighted by Gasteiger charge is 2.35. The van der Waals surface area contributed by atoms with Crippen LogP contribution >= 0.6 is 11.6 Å². The van der Waals surface area contributed by atoms with Crippen molar-refractivity contribution in [2.75, 3.05) is 30.3 Å². The molecule has 2 aliphatic rings. The molecule has 0 spiro atoms. The topological polar surface area (TPSA) is 105 Å². The second-order valence-corrected chi connectivity index (χ2v) is 10.4. The number of ether oxygens (including phenoxy) is 1. The number of carbonyl (C=O) groups is 2. The molecule has 1 fully saturated rings. The van der Waals surface area contributed by atoms with Crippen molar-refractivity contribution in [2.45, 2.75) is 31.6 Å². The van der Waals surface area contributed by atoms with E-state index in [9.17, 15) is 18.0 Å². The summed E-state index contributed by atoms with van der Waals surface area (Å²) in [5.74, 6) is -0.683. The fourth-order valence-corrected chi connectivity index (χ4v) is 5.91. The number of nitrogens with one attached hydrogen (secondary N) is 2. The second kappa shape index (κ2) is 8.73. The summed E-state index contributed by atoms with van der Waals surface area (Å²) in [6.45, 7) is 3.74. The highest BCUT2D eigenvalue weighted by Crippen LogP contribution is 2.35. The molecular weight excluding hydrogens is 454 g/mol. The summed E-state index contributed by atoms with van der Waals surface area (Å²) >= 11 is 6.13. The fraction of sp³-hybridized carbons (Fsp3) is 0.364.